The molecule has 0 spiro atoms. The van der Waals surface area contributed by atoms with Gasteiger partial charge in [0, 0.05) is 25.0 Å². The van der Waals surface area contributed by atoms with Crippen molar-refractivity contribution in [2.45, 2.75) is 13.0 Å². The van der Waals surface area contributed by atoms with E-state index in [0.717, 1.165) is 32.2 Å². The summed E-state index contributed by atoms with van der Waals surface area (Å²) in [7, 11) is 0. The highest BCUT2D eigenvalue weighted by atomic mass is 35.5. The molecule has 1 fully saturated rings. The zero-order valence-corrected chi connectivity index (χ0v) is 7.10. The largest absolute Gasteiger partial charge is 0.379 e. The first kappa shape index (κ1) is 8.31. The maximum Gasteiger partial charge on any atom is 0.0594 e. The molecule has 1 saturated heterocycles. The number of hydrogen-bond acceptors (Lipinski definition) is 2. The number of hydrogen-bond donors (Lipinski definition) is 0. The van der Waals surface area contributed by atoms with Gasteiger partial charge in [0.2, 0.25) is 0 Å². The normalized spacial score (nSPS) is 24.6. The third-order valence-corrected chi connectivity index (χ3v) is 2.34. The molecule has 1 atom stereocenters. The first-order chi connectivity index (χ1) is 4.84. The topological polar surface area (TPSA) is 12.5 Å². The predicted octanol–water partition coefficient (Wildman–Crippen LogP) is 0.946. The van der Waals surface area contributed by atoms with Gasteiger partial charge < -0.3 is 4.74 Å². The van der Waals surface area contributed by atoms with E-state index in [-0.39, 0.29) is 0 Å². The summed E-state index contributed by atoms with van der Waals surface area (Å²) in [5.41, 5.74) is 0. The molecule has 0 aliphatic carbocycles. The molecule has 0 bridgehead atoms. The molecule has 0 radical (unpaired) electrons. The number of halogens is 1. The van der Waals surface area contributed by atoms with Crippen LogP contribution in [0, 0.1) is 0 Å². The molecule has 0 amide bonds. The third-order valence-electron chi connectivity index (χ3n) is 1.89. The molecule has 10 heavy (non-hydrogen) atoms. The standard InChI is InChI=1S/C7H14ClNO/c1-7(6-8)9-2-4-10-5-3-9/h7H,2-6H2,1H3/t7-/m1/s1. The maximum atomic E-state index is 5.70. The predicted molar refractivity (Wildman–Crippen MR) is 42.6 cm³/mol. The van der Waals surface area contributed by atoms with Gasteiger partial charge in [-0.3, -0.25) is 4.90 Å². The van der Waals surface area contributed by atoms with Gasteiger partial charge in [-0.15, -0.1) is 11.6 Å². The van der Waals surface area contributed by atoms with E-state index < -0.39 is 0 Å². The van der Waals surface area contributed by atoms with Crippen LogP contribution < -0.4 is 0 Å². The van der Waals surface area contributed by atoms with Gasteiger partial charge in [0.15, 0.2) is 0 Å². The maximum absolute atomic E-state index is 5.70. The van der Waals surface area contributed by atoms with Gasteiger partial charge >= 0.3 is 0 Å². The number of alkyl halides is 1. The molecule has 0 unspecified atom stereocenters. The number of nitrogens with zero attached hydrogens (tertiary/aromatic N) is 1. The first-order valence-corrected chi connectivity index (χ1v) is 4.26. The summed E-state index contributed by atoms with van der Waals surface area (Å²) in [6, 6.07) is 0.505. The highest BCUT2D eigenvalue weighted by molar-refractivity contribution is 6.18. The van der Waals surface area contributed by atoms with Crippen LogP contribution in [0.3, 0.4) is 0 Å². The highest BCUT2D eigenvalue weighted by Gasteiger charge is 2.15. The minimum Gasteiger partial charge on any atom is -0.379 e. The van der Waals surface area contributed by atoms with Gasteiger partial charge in [-0.2, -0.15) is 0 Å². The quantitative estimate of drug-likeness (QED) is 0.562. The second kappa shape index (κ2) is 4.16. The van der Waals surface area contributed by atoms with Crippen LogP contribution in [0.4, 0.5) is 0 Å². The van der Waals surface area contributed by atoms with Crippen molar-refractivity contribution in [1.82, 2.24) is 4.90 Å². The zero-order valence-electron chi connectivity index (χ0n) is 6.35. The Hall–Kier alpha value is 0.210. The number of rotatable bonds is 2. The van der Waals surface area contributed by atoms with Gasteiger partial charge in [0.05, 0.1) is 13.2 Å². The Balaban J connectivity index is 2.24. The van der Waals surface area contributed by atoms with E-state index in [2.05, 4.69) is 11.8 Å². The summed E-state index contributed by atoms with van der Waals surface area (Å²) >= 11 is 5.70. The molecule has 0 N–H and O–H groups in total. The van der Waals surface area contributed by atoms with Gasteiger partial charge in [-0.1, -0.05) is 0 Å². The van der Waals surface area contributed by atoms with E-state index >= 15 is 0 Å². The van der Waals surface area contributed by atoms with Crippen molar-refractivity contribution in [3.63, 3.8) is 0 Å². The molecule has 0 aromatic heterocycles. The average Bonchev–Trinajstić information content (AvgIpc) is 2.05. The fourth-order valence-corrected chi connectivity index (χ4v) is 1.31. The minimum atomic E-state index is 0.505. The van der Waals surface area contributed by atoms with Crippen LogP contribution in [0.5, 0.6) is 0 Å². The van der Waals surface area contributed by atoms with Crippen LogP contribution in [0.25, 0.3) is 0 Å². The van der Waals surface area contributed by atoms with E-state index in [1.807, 2.05) is 0 Å². The SMILES string of the molecule is C[C@H](CCl)N1CCOCC1. The van der Waals surface area contributed by atoms with Crippen molar-refractivity contribution in [3.8, 4) is 0 Å². The van der Waals surface area contributed by atoms with Crippen LogP contribution in [-0.2, 0) is 4.74 Å². The van der Waals surface area contributed by atoms with Crippen LogP contribution in [0.2, 0.25) is 0 Å². The van der Waals surface area contributed by atoms with Crippen molar-refractivity contribution in [2.24, 2.45) is 0 Å². The molecule has 0 aromatic carbocycles. The average molecular weight is 164 g/mol. The molecule has 2 nitrogen and oxygen atoms in total. The summed E-state index contributed by atoms with van der Waals surface area (Å²) < 4.78 is 5.21. The molecule has 0 aromatic rings. The zero-order chi connectivity index (χ0) is 7.40. The van der Waals surface area contributed by atoms with Gasteiger partial charge in [0.25, 0.3) is 0 Å². The molecule has 60 valence electrons. The molecular formula is C7H14ClNO. The Morgan fingerprint density at radius 1 is 1.50 bits per heavy atom. The third kappa shape index (κ3) is 2.11. The summed E-state index contributed by atoms with van der Waals surface area (Å²) in [4.78, 5) is 2.36. The Bertz CT molecular complexity index is 93.6. The molecular weight excluding hydrogens is 150 g/mol. The van der Waals surface area contributed by atoms with Crippen molar-refractivity contribution in [1.29, 1.82) is 0 Å². The molecule has 0 saturated carbocycles. The van der Waals surface area contributed by atoms with Gasteiger partial charge in [-0.05, 0) is 6.92 Å². The molecule has 1 heterocycles. The monoisotopic (exact) mass is 163 g/mol. The molecule has 1 rings (SSSR count). The summed E-state index contributed by atoms with van der Waals surface area (Å²) in [5, 5.41) is 0. The lowest BCUT2D eigenvalue weighted by molar-refractivity contribution is 0.0244. The van der Waals surface area contributed by atoms with Gasteiger partial charge in [-0.25, -0.2) is 0 Å². The van der Waals surface area contributed by atoms with E-state index in [0.29, 0.717) is 6.04 Å². The van der Waals surface area contributed by atoms with Crippen LogP contribution in [0.15, 0.2) is 0 Å². The van der Waals surface area contributed by atoms with Crippen molar-refractivity contribution in [2.75, 3.05) is 32.2 Å². The number of morpholine rings is 1. The molecule has 1 aliphatic heterocycles. The van der Waals surface area contributed by atoms with E-state index in [1.54, 1.807) is 0 Å². The van der Waals surface area contributed by atoms with Crippen molar-refractivity contribution < 1.29 is 4.74 Å². The Morgan fingerprint density at radius 3 is 2.60 bits per heavy atom. The van der Waals surface area contributed by atoms with Crippen LogP contribution in [0.1, 0.15) is 6.92 Å². The van der Waals surface area contributed by atoms with Crippen molar-refractivity contribution >= 4 is 11.6 Å². The second-order valence-electron chi connectivity index (χ2n) is 2.65. The second-order valence-corrected chi connectivity index (χ2v) is 2.96. The Kier molecular flexibility index (Phi) is 3.46. The summed E-state index contributed by atoms with van der Waals surface area (Å²) in [6.07, 6.45) is 0. The Labute approximate surface area is 67.1 Å². The summed E-state index contributed by atoms with van der Waals surface area (Å²) in [5.74, 6) is 0.722. The van der Waals surface area contributed by atoms with E-state index in [1.165, 1.54) is 0 Å². The minimum absolute atomic E-state index is 0.505. The summed E-state index contributed by atoms with van der Waals surface area (Å²) in [6.45, 7) is 5.95. The lowest BCUT2D eigenvalue weighted by atomic mass is 10.3. The first-order valence-electron chi connectivity index (χ1n) is 3.72. The fourth-order valence-electron chi connectivity index (χ4n) is 1.12. The lowest BCUT2D eigenvalue weighted by Crippen LogP contribution is -2.42. The number of ether oxygens (including phenoxy) is 1. The van der Waals surface area contributed by atoms with Gasteiger partial charge in [0.1, 0.15) is 0 Å². The van der Waals surface area contributed by atoms with E-state index in [4.69, 9.17) is 16.3 Å². The van der Waals surface area contributed by atoms with Crippen molar-refractivity contribution in [3.05, 3.63) is 0 Å². The van der Waals surface area contributed by atoms with Crippen LogP contribution in [-0.4, -0.2) is 43.1 Å². The fraction of sp³-hybridized carbons (Fsp3) is 1.00. The van der Waals surface area contributed by atoms with Crippen LogP contribution >= 0.6 is 11.6 Å². The Morgan fingerprint density at radius 2 is 2.10 bits per heavy atom. The molecule has 1 aliphatic rings. The lowest BCUT2D eigenvalue weighted by Gasteiger charge is -2.30. The smallest absolute Gasteiger partial charge is 0.0594 e. The highest BCUT2D eigenvalue weighted by Crippen LogP contribution is 2.04. The molecule has 3 heteroatoms. The van der Waals surface area contributed by atoms with E-state index in [9.17, 15) is 0 Å².